The van der Waals surface area contributed by atoms with Gasteiger partial charge in [0.2, 0.25) is 0 Å². The highest BCUT2D eigenvalue weighted by Crippen LogP contribution is 2.20. The van der Waals surface area contributed by atoms with Crippen LogP contribution in [0.25, 0.3) is 11.3 Å². The number of nitrogens with one attached hydrogen (secondary N) is 1. The highest BCUT2D eigenvalue weighted by Gasteiger charge is 2.25. The second-order valence-electron chi connectivity index (χ2n) is 7.28. The molecule has 1 amide bonds. The monoisotopic (exact) mass is 401 g/mol. The van der Waals surface area contributed by atoms with E-state index >= 15 is 0 Å². The van der Waals surface area contributed by atoms with Gasteiger partial charge in [-0.15, -0.1) is 0 Å². The van der Waals surface area contributed by atoms with Crippen molar-refractivity contribution in [2.45, 2.75) is 38.8 Å². The van der Waals surface area contributed by atoms with Crippen molar-refractivity contribution in [2.24, 2.45) is 0 Å². The molecule has 9 heteroatoms. The van der Waals surface area contributed by atoms with Crippen LogP contribution in [-0.2, 0) is 20.7 Å². The van der Waals surface area contributed by atoms with E-state index in [1.807, 2.05) is 0 Å². The molecule has 0 aliphatic rings. The lowest BCUT2D eigenvalue weighted by molar-refractivity contribution is -0.385. The standard InChI is InChI=1S/C20H23N3O6/c1-20(2,3)29-19(25)22-17(18(24)28-4)11-13-5-7-14(8-6-13)16-10-9-15(12-21-16)23(26)27/h5-10,12,17H,11H2,1-4H3,(H,22,25)/t17-/m0/s1. The van der Waals surface area contributed by atoms with Crippen LogP contribution in [0.2, 0.25) is 0 Å². The average Bonchev–Trinajstić information content (AvgIpc) is 2.66. The van der Waals surface area contributed by atoms with Crippen LogP contribution in [0, 0.1) is 10.1 Å². The molecule has 154 valence electrons. The van der Waals surface area contributed by atoms with Crippen LogP contribution in [0.3, 0.4) is 0 Å². The number of aromatic nitrogens is 1. The zero-order valence-electron chi connectivity index (χ0n) is 16.7. The molecule has 9 nitrogen and oxygen atoms in total. The van der Waals surface area contributed by atoms with Gasteiger partial charge in [-0.2, -0.15) is 0 Å². The Labute approximate surface area is 168 Å². The number of nitro groups is 1. The number of pyridine rings is 1. The Kier molecular flexibility index (Phi) is 6.87. The van der Waals surface area contributed by atoms with Gasteiger partial charge in [0.15, 0.2) is 0 Å². The Morgan fingerprint density at radius 2 is 1.83 bits per heavy atom. The van der Waals surface area contributed by atoms with Gasteiger partial charge in [0.05, 0.1) is 17.7 Å². The number of rotatable bonds is 6. The molecule has 1 aromatic carbocycles. The first-order chi connectivity index (χ1) is 13.6. The summed E-state index contributed by atoms with van der Waals surface area (Å²) in [6, 6.07) is 9.17. The van der Waals surface area contributed by atoms with Gasteiger partial charge in [-0.05, 0) is 32.4 Å². The summed E-state index contributed by atoms with van der Waals surface area (Å²) in [5.74, 6) is -0.586. The van der Waals surface area contributed by atoms with Crippen molar-refractivity contribution < 1.29 is 24.0 Å². The largest absolute Gasteiger partial charge is 0.467 e. The van der Waals surface area contributed by atoms with E-state index in [0.717, 1.165) is 11.1 Å². The molecular formula is C20H23N3O6. The Bertz CT molecular complexity index is 873. The van der Waals surface area contributed by atoms with Crippen molar-refractivity contribution in [2.75, 3.05) is 7.11 Å². The zero-order valence-corrected chi connectivity index (χ0v) is 16.7. The van der Waals surface area contributed by atoms with E-state index in [-0.39, 0.29) is 12.1 Å². The minimum absolute atomic E-state index is 0.0838. The molecule has 1 heterocycles. The maximum Gasteiger partial charge on any atom is 0.408 e. The van der Waals surface area contributed by atoms with Crippen LogP contribution in [0.5, 0.6) is 0 Å². The average molecular weight is 401 g/mol. The molecule has 0 aliphatic heterocycles. The van der Waals surface area contributed by atoms with Gasteiger partial charge in [0.25, 0.3) is 5.69 Å². The molecule has 2 aromatic rings. The number of benzene rings is 1. The number of ether oxygens (including phenoxy) is 2. The van der Waals surface area contributed by atoms with E-state index in [0.29, 0.717) is 5.69 Å². The smallest absolute Gasteiger partial charge is 0.408 e. The highest BCUT2D eigenvalue weighted by atomic mass is 16.6. The Hall–Kier alpha value is -3.49. The van der Waals surface area contributed by atoms with Crippen LogP contribution in [0.15, 0.2) is 42.6 Å². The number of carbonyl (C=O) groups is 2. The minimum atomic E-state index is -0.904. The second-order valence-corrected chi connectivity index (χ2v) is 7.28. The Morgan fingerprint density at radius 3 is 2.31 bits per heavy atom. The number of amides is 1. The van der Waals surface area contributed by atoms with Gasteiger partial charge in [0, 0.05) is 18.1 Å². The molecule has 0 fully saturated rings. The van der Waals surface area contributed by atoms with Crippen molar-refractivity contribution in [3.05, 3.63) is 58.3 Å². The normalized spacial score (nSPS) is 12.0. The van der Waals surface area contributed by atoms with Crippen molar-refractivity contribution in [1.29, 1.82) is 0 Å². The maximum atomic E-state index is 12.0. The minimum Gasteiger partial charge on any atom is -0.467 e. The molecule has 0 spiro atoms. The number of carbonyl (C=O) groups excluding carboxylic acids is 2. The van der Waals surface area contributed by atoms with Crippen molar-refractivity contribution in [1.82, 2.24) is 10.3 Å². The molecule has 0 bridgehead atoms. The van der Waals surface area contributed by atoms with Crippen molar-refractivity contribution in [3.63, 3.8) is 0 Å². The molecule has 0 unspecified atom stereocenters. The third-order valence-corrected chi connectivity index (χ3v) is 3.82. The van der Waals surface area contributed by atoms with Gasteiger partial charge < -0.3 is 14.8 Å². The lowest BCUT2D eigenvalue weighted by Crippen LogP contribution is -2.45. The number of hydrogen-bond acceptors (Lipinski definition) is 7. The first-order valence-corrected chi connectivity index (χ1v) is 8.86. The molecule has 0 saturated heterocycles. The van der Waals surface area contributed by atoms with Crippen LogP contribution >= 0.6 is 0 Å². The third-order valence-electron chi connectivity index (χ3n) is 3.82. The molecule has 2 rings (SSSR count). The molecule has 1 aromatic heterocycles. The first-order valence-electron chi connectivity index (χ1n) is 8.86. The van der Waals surface area contributed by atoms with Crippen molar-refractivity contribution >= 4 is 17.7 Å². The van der Waals surface area contributed by atoms with E-state index in [9.17, 15) is 19.7 Å². The Morgan fingerprint density at radius 1 is 1.17 bits per heavy atom. The Balaban J connectivity index is 2.10. The zero-order chi connectivity index (χ0) is 21.6. The lowest BCUT2D eigenvalue weighted by Gasteiger charge is -2.22. The summed E-state index contributed by atoms with van der Waals surface area (Å²) in [6.45, 7) is 5.18. The predicted octanol–water partition coefficient (Wildman–Crippen LogP) is 3.27. The number of esters is 1. The van der Waals surface area contributed by atoms with E-state index in [4.69, 9.17) is 9.47 Å². The molecule has 0 saturated carbocycles. The van der Waals surface area contributed by atoms with Gasteiger partial charge >= 0.3 is 12.1 Å². The fourth-order valence-corrected chi connectivity index (χ4v) is 2.50. The summed E-state index contributed by atoms with van der Waals surface area (Å²) in [5, 5.41) is 13.2. The van der Waals surface area contributed by atoms with Gasteiger partial charge in [-0.25, -0.2) is 14.6 Å². The van der Waals surface area contributed by atoms with E-state index in [1.165, 1.54) is 19.4 Å². The molecule has 29 heavy (non-hydrogen) atoms. The SMILES string of the molecule is COC(=O)[C@H](Cc1ccc(-c2ccc([N+](=O)[O-])cn2)cc1)NC(=O)OC(C)(C)C. The summed E-state index contributed by atoms with van der Waals surface area (Å²) < 4.78 is 9.95. The fourth-order valence-electron chi connectivity index (χ4n) is 2.50. The number of methoxy groups -OCH3 is 1. The quantitative estimate of drug-likeness (QED) is 0.448. The predicted molar refractivity (Wildman–Crippen MR) is 105 cm³/mol. The summed E-state index contributed by atoms with van der Waals surface area (Å²) in [6.07, 6.45) is 0.695. The third kappa shape index (κ3) is 6.56. The summed E-state index contributed by atoms with van der Waals surface area (Å²) in [4.78, 5) is 38.3. The number of alkyl carbamates (subject to hydrolysis) is 1. The van der Waals surface area contributed by atoms with Crippen molar-refractivity contribution in [3.8, 4) is 11.3 Å². The molecule has 1 N–H and O–H groups in total. The van der Waals surface area contributed by atoms with Crippen LogP contribution in [-0.4, -0.2) is 40.7 Å². The van der Waals surface area contributed by atoms with Crippen LogP contribution in [0.4, 0.5) is 10.5 Å². The fraction of sp³-hybridized carbons (Fsp3) is 0.350. The number of nitrogens with zero attached hydrogens (tertiary/aromatic N) is 2. The number of hydrogen-bond donors (Lipinski definition) is 1. The molecule has 1 atom stereocenters. The highest BCUT2D eigenvalue weighted by molar-refractivity contribution is 5.81. The molecule has 0 radical (unpaired) electrons. The topological polar surface area (TPSA) is 121 Å². The van der Waals surface area contributed by atoms with Gasteiger partial charge in [-0.1, -0.05) is 24.3 Å². The van der Waals surface area contributed by atoms with Crippen LogP contribution < -0.4 is 5.32 Å². The van der Waals surface area contributed by atoms with Gasteiger partial charge in [-0.3, -0.25) is 10.1 Å². The second kappa shape index (κ2) is 9.13. The first kappa shape index (κ1) is 21.8. The lowest BCUT2D eigenvalue weighted by atomic mass is 10.0. The summed E-state index contributed by atoms with van der Waals surface area (Å²) >= 11 is 0. The van der Waals surface area contributed by atoms with E-state index in [1.54, 1.807) is 51.1 Å². The molecule has 0 aliphatic carbocycles. The van der Waals surface area contributed by atoms with Gasteiger partial charge in [0.1, 0.15) is 17.8 Å². The van der Waals surface area contributed by atoms with E-state index < -0.39 is 28.6 Å². The summed E-state index contributed by atoms with van der Waals surface area (Å²) in [5.41, 5.74) is 1.35. The summed E-state index contributed by atoms with van der Waals surface area (Å²) in [7, 11) is 1.25. The van der Waals surface area contributed by atoms with Crippen LogP contribution in [0.1, 0.15) is 26.3 Å². The molecular weight excluding hydrogens is 378 g/mol. The maximum absolute atomic E-state index is 12.0. The van der Waals surface area contributed by atoms with E-state index in [2.05, 4.69) is 10.3 Å².